The van der Waals surface area contributed by atoms with Crippen molar-refractivity contribution < 1.29 is 9.59 Å². The summed E-state index contributed by atoms with van der Waals surface area (Å²) in [6, 6.07) is 10.2. The predicted octanol–water partition coefficient (Wildman–Crippen LogP) is 2.34. The maximum atomic E-state index is 13.8. The normalized spacial score (nSPS) is 25.6. The van der Waals surface area contributed by atoms with Gasteiger partial charge in [-0.25, -0.2) is 0 Å². The third-order valence-corrected chi connectivity index (χ3v) is 7.01. The number of hydrogen-bond acceptors (Lipinski definition) is 4. The van der Waals surface area contributed by atoms with Crippen molar-refractivity contribution in [2.75, 3.05) is 20.1 Å². The Kier molecular flexibility index (Phi) is 7.76. The van der Waals surface area contributed by atoms with Gasteiger partial charge in [-0.05, 0) is 63.1 Å². The van der Waals surface area contributed by atoms with Crippen LogP contribution in [0.1, 0.15) is 52.5 Å². The van der Waals surface area contributed by atoms with Gasteiger partial charge in [0.2, 0.25) is 11.8 Å². The van der Waals surface area contributed by atoms with E-state index in [1.54, 1.807) is 7.05 Å². The summed E-state index contributed by atoms with van der Waals surface area (Å²) in [5.74, 6) is 0.470. The lowest BCUT2D eigenvalue weighted by molar-refractivity contribution is -0.141. The van der Waals surface area contributed by atoms with Crippen LogP contribution in [-0.2, 0) is 16.0 Å². The number of benzene rings is 1. The molecule has 31 heavy (non-hydrogen) atoms. The van der Waals surface area contributed by atoms with E-state index < -0.39 is 6.04 Å². The highest BCUT2D eigenvalue weighted by atomic mass is 16.2. The van der Waals surface area contributed by atoms with Crippen molar-refractivity contribution in [3.63, 3.8) is 0 Å². The van der Waals surface area contributed by atoms with Gasteiger partial charge < -0.3 is 20.9 Å². The lowest BCUT2D eigenvalue weighted by Crippen LogP contribution is -2.62. The SMILES string of the molecule is CNC(C)C(=O)N[C@H](C(=O)N1CCC2CCN[C@@H](CCc3ccccc3)[C@@H]21)C(C)(C)C. The third kappa shape index (κ3) is 5.66. The van der Waals surface area contributed by atoms with Gasteiger partial charge in [-0.3, -0.25) is 9.59 Å². The first-order valence-electron chi connectivity index (χ1n) is 11.8. The van der Waals surface area contributed by atoms with Gasteiger partial charge >= 0.3 is 0 Å². The first kappa shape index (κ1) is 23.7. The standard InChI is InChI=1S/C25H40N4O2/c1-17(26-5)23(30)28-22(25(2,3)4)24(31)29-16-14-19-13-15-27-20(21(19)29)12-11-18-9-7-6-8-10-18/h6-10,17,19-22,26-27H,11-16H2,1-5H3,(H,28,30)/t17?,19?,20-,21+,22+/m0/s1. The molecule has 2 saturated heterocycles. The van der Waals surface area contributed by atoms with E-state index in [0.717, 1.165) is 38.8 Å². The largest absolute Gasteiger partial charge is 0.342 e. The zero-order valence-electron chi connectivity index (χ0n) is 19.8. The van der Waals surface area contributed by atoms with Crippen molar-refractivity contribution >= 4 is 11.8 Å². The van der Waals surface area contributed by atoms with Gasteiger partial charge in [-0.2, -0.15) is 0 Å². The van der Waals surface area contributed by atoms with E-state index in [0.29, 0.717) is 5.92 Å². The molecule has 3 N–H and O–H groups in total. The molecule has 0 radical (unpaired) electrons. The number of amides is 2. The first-order chi connectivity index (χ1) is 14.7. The summed E-state index contributed by atoms with van der Waals surface area (Å²) in [4.78, 5) is 28.5. The highest BCUT2D eigenvalue weighted by Crippen LogP contribution is 2.35. The van der Waals surface area contributed by atoms with Crippen LogP contribution in [0.3, 0.4) is 0 Å². The number of fused-ring (bicyclic) bond motifs is 1. The summed E-state index contributed by atoms with van der Waals surface area (Å²) < 4.78 is 0. The van der Waals surface area contributed by atoms with Crippen LogP contribution in [0.4, 0.5) is 0 Å². The quantitative estimate of drug-likeness (QED) is 0.623. The number of carbonyl (C=O) groups is 2. The van der Waals surface area contributed by atoms with E-state index in [9.17, 15) is 9.59 Å². The number of nitrogens with zero attached hydrogens (tertiary/aromatic N) is 1. The molecule has 0 aromatic heterocycles. The maximum absolute atomic E-state index is 13.8. The highest BCUT2D eigenvalue weighted by molar-refractivity contribution is 5.90. The summed E-state index contributed by atoms with van der Waals surface area (Å²) in [7, 11) is 1.76. The average molecular weight is 429 g/mol. The lowest BCUT2D eigenvalue weighted by Gasteiger charge is -2.42. The Morgan fingerprint density at radius 1 is 1.19 bits per heavy atom. The molecule has 0 spiro atoms. The molecule has 0 bridgehead atoms. The van der Waals surface area contributed by atoms with Gasteiger partial charge in [0.25, 0.3) is 0 Å². The van der Waals surface area contributed by atoms with Crippen LogP contribution >= 0.6 is 0 Å². The monoisotopic (exact) mass is 428 g/mol. The Balaban J connectivity index is 1.75. The first-order valence-corrected chi connectivity index (χ1v) is 11.8. The Bertz CT molecular complexity index is 746. The van der Waals surface area contributed by atoms with E-state index in [-0.39, 0.29) is 35.4 Å². The Labute approximate surface area is 187 Å². The van der Waals surface area contributed by atoms with E-state index in [2.05, 4.69) is 45.1 Å². The number of likely N-dealkylation sites (tertiary alicyclic amines) is 1. The molecule has 0 saturated carbocycles. The molecule has 5 atom stereocenters. The number of likely N-dealkylation sites (N-methyl/N-ethyl adjacent to an activating group) is 1. The molecule has 6 nitrogen and oxygen atoms in total. The fraction of sp³-hybridized carbons (Fsp3) is 0.680. The van der Waals surface area contributed by atoms with E-state index in [4.69, 9.17) is 0 Å². The topological polar surface area (TPSA) is 73.5 Å². The van der Waals surface area contributed by atoms with Gasteiger partial charge in [-0.15, -0.1) is 0 Å². The number of piperidine rings is 1. The second-order valence-corrected chi connectivity index (χ2v) is 10.3. The number of hydrogen-bond donors (Lipinski definition) is 3. The molecule has 2 aliphatic heterocycles. The molecule has 2 unspecified atom stereocenters. The summed E-state index contributed by atoms with van der Waals surface area (Å²) in [5.41, 5.74) is 0.975. The highest BCUT2D eigenvalue weighted by Gasteiger charge is 2.47. The molecule has 1 aromatic carbocycles. The number of nitrogens with one attached hydrogen (secondary N) is 3. The summed E-state index contributed by atoms with van der Waals surface area (Å²) in [6.07, 6.45) is 4.18. The molecular weight excluding hydrogens is 388 g/mol. The summed E-state index contributed by atoms with van der Waals surface area (Å²) >= 11 is 0. The van der Waals surface area contributed by atoms with Crippen molar-refractivity contribution in [3.05, 3.63) is 35.9 Å². The van der Waals surface area contributed by atoms with Crippen molar-refractivity contribution in [2.45, 2.75) is 77.5 Å². The minimum Gasteiger partial charge on any atom is -0.342 e. The molecule has 2 amide bonds. The van der Waals surface area contributed by atoms with Crippen molar-refractivity contribution in [3.8, 4) is 0 Å². The number of carbonyl (C=O) groups excluding carboxylic acids is 2. The van der Waals surface area contributed by atoms with Gasteiger partial charge in [0.1, 0.15) is 6.04 Å². The molecule has 1 aromatic rings. The molecule has 2 heterocycles. The van der Waals surface area contributed by atoms with Crippen LogP contribution in [0.25, 0.3) is 0 Å². The molecular formula is C25H40N4O2. The minimum absolute atomic E-state index is 0.0602. The number of aryl methyl sites for hydroxylation is 1. The molecule has 6 heteroatoms. The van der Waals surface area contributed by atoms with E-state index in [1.807, 2.05) is 33.8 Å². The van der Waals surface area contributed by atoms with Crippen LogP contribution in [0.5, 0.6) is 0 Å². The van der Waals surface area contributed by atoms with E-state index in [1.165, 1.54) is 5.56 Å². The van der Waals surface area contributed by atoms with Crippen LogP contribution in [0, 0.1) is 11.3 Å². The third-order valence-electron chi connectivity index (χ3n) is 7.01. The summed E-state index contributed by atoms with van der Waals surface area (Å²) in [5, 5.41) is 9.71. The van der Waals surface area contributed by atoms with Crippen molar-refractivity contribution in [1.82, 2.24) is 20.9 Å². The Hall–Kier alpha value is -1.92. The zero-order chi connectivity index (χ0) is 22.6. The van der Waals surface area contributed by atoms with Gasteiger partial charge in [0.15, 0.2) is 0 Å². The molecule has 2 aliphatic rings. The smallest absolute Gasteiger partial charge is 0.246 e. The molecule has 172 valence electrons. The Morgan fingerprint density at radius 3 is 2.55 bits per heavy atom. The maximum Gasteiger partial charge on any atom is 0.246 e. The second-order valence-electron chi connectivity index (χ2n) is 10.3. The van der Waals surface area contributed by atoms with Crippen LogP contribution in [0.2, 0.25) is 0 Å². The fourth-order valence-electron chi connectivity index (χ4n) is 5.02. The average Bonchev–Trinajstić information content (AvgIpc) is 3.19. The lowest BCUT2D eigenvalue weighted by atomic mass is 9.83. The minimum atomic E-state index is -0.536. The van der Waals surface area contributed by atoms with Crippen molar-refractivity contribution in [2.24, 2.45) is 11.3 Å². The van der Waals surface area contributed by atoms with E-state index >= 15 is 0 Å². The van der Waals surface area contributed by atoms with Gasteiger partial charge in [-0.1, -0.05) is 51.1 Å². The summed E-state index contributed by atoms with van der Waals surface area (Å²) in [6.45, 7) is 9.69. The van der Waals surface area contributed by atoms with Crippen LogP contribution < -0.4 is 16.0 Å². The van der Waals surface area contributed by atoms with Crippen molar-refractivity contribution in [1.29, 1.82) is 0 Å². The fourth-order valence-corrected chi connectivity index (χ4v) is 5.02. The molecule has 0 aliphatic carbocycles. The van der Waals surface area contributed by atoms with Gasteiger partial charge in [0, 0.05) is 18.6 Å². The molecule has 3 rings (SSSR count). The van der Waals surface area contributed by atoms with Crippen LogP contribution in [-0.4, -0.2) is 61.0 Å². The zero-order valence-corrected chi connectivity index (χ0v) is 19.8. The molecule has 2 fully saturated rings. The number of rotatable bonds is 7. The second kappa shape index (κ2) is 10.1. The predicted molar refractivity (Wildman–Crippen MR) is 125 cm³/mol. The Morgan fingerprint density at radius 2 is 1.90 bits per heavy atom. The van der Waals surface area contributed by atoms with Gasteiger partial charge in [0.05, 0.1) is 6.04 Å². The van der Waals surface area contributed by atoms with Crippen LogP contribution in [0.15, 0.2) is 30.3 Å².